The molecule has 80 valence electrons. The summed E-state index contributed by atoms with van der Waals surface area (Å²) in [6.07, 6.45) is 0. The van der Waals surface area contributed by atoms with Crippen molar-refractivity contribution in [3.63, 3.8) is 0 Å². The van der Waals surface area contributed by atoms with E-state index >= 15 is 0 Å². The van der Waals surface area contributed by atoms with Gasteiger partial charge in [-0.05, 0) is 13.8 Å². The van der Waals surface area contributed by atoms with Crippen LogP contribution in [0.5, 0.6) is 0 Å². The van der Waals surface area contributed by atoms with E-state index in [2.05, 4.69) is 4.99 Å². The molecule has 1 rings (SSSR count). The van der Waals surface area contributed by atoms with Crippen LogP contribution in [0.15, 0.2) is 4.99 Å². The van der Waals surface area contributed by atoms with E-state index in [1.54, 1.807) is 13.8 Å². The predicted octanol–water partition coefficient (Wildman–Crippen LogP) is -0.0643. The van der Waals surface area contributed by atoms with E-state index in [9.17, 15) is 9.90 Å². The average Bonchev–Trinajstić information content (AvgIpc) is 2.01. The van der Waals surface area contributed by atoms with Crippen molar-refractivity contribution in [3.8, 4) is 0 Å². The Labute approximate surface area is 86.7 Å². The Hall–Kier alpha value is -0.750. The van der Waals surface area contributed by atoms with Crippen LogP contribution in [-0.4, -0.2) is 34.3 Å². The number of carbonyl (C=O) groups excluding carboxylic acids is 1. The number of thioether (sulfide) groups is 1. The van der Waals surface area contributed by atoms with Gasteiger partial charge in [-0.1, -0.05) is 11.8 Å². The number of amidine groups is 1. The Morgan fingerprint density at radius 1 is 1.93 bits per heavy atom. The standard InChI is InChI=1S/C8H14N2O3S/c1-3-13-6(11)5-4-10-7(9)14-8(5,2)12/h5,12H,3-4H2,1-2H3,(H2,9,10). The number of hydrogen-bond acceptors (Lipinski definition) is 6. The second kappa shape index (κ2) is 4.18. The number of esters is 1. The summed E-state index contributed by atoms with van der Waals surface area (Å²) >= 11 is 0.988. The lowest BCUT2D eigenvalue weighted by Crippen LogP contribution is -2.44. The first kappa shape index (κ1) is 11.3. The van der Waals surface area contributed by atoms with Gasteiger partial charge in [0.15, 0.2) is 5.17 Å². The molecule has 0 aromatic rings. The Kier molecular flexibility index (Phi) is 3.38. The highest BCUT2D eigenvalue weighted by Crippen LogP contribution is 2.34. The normalized spacial score (nSPS) is 32.2. The van der Waals surface area contributed by atoms with E-state index in [0.717, 1.165) is 11.8 Å². The molecule has 0 saturated carbocycles. The molecule has 2 unspecified atom stereocenters. The second-order valence-corrected chi connectivity index (χ2v) is 4.59. The summed E-state index contributed by atoms with van der Waals surface area (Å²) in [5, 5.41) is 10.2. The van der Waals surface area contributed by atoms with Crippen molar-refractivity contribution in [1.29, 1.82) is 0 Å². The first-order valence-corrected chi connectivity index (χ1v) is 5.17. The first-order chi connectivity index (χ1) is 6.47. The van der Waals surface area contributed by atoms with Crippen LogP contribution in [0.3, 0.4) is 0 Å². The summed E-state index contributed by atoms with van der Waals surface area (Å²) in [5.41, 5.74) is 5.45. The minimum atomic E-state index is -1.22. The fourth-order valence-corrected chi connectivity index (χ4v) is 2.08. The van der Waals surface area contributed by atoms with Crippen molar-refractivity contribution in [3.05, 3.63) is 0 Å². The number of carbonyl (C=O) groups is 1. The number of aliphatic imine (C=N–C) groups is 1. The molecule has 14 heavy (non-hydrogen) atoms. The summed E-state index contributed by atoms with van der Waals surface area (Å²) in [4.78, 5) is 14.1. The van der Waals surface area contributed by atoms with Crippen LogP contribution in [0.4, 0.5) is 0 Å². The second-order valence-electron chi connectivity index (χ2n) is 3.14. The highest BCUT2D eigenvalue weighted by atomic mass is 32.2. The third kappa shape index (κ3) is 2.39. The van der Waals surface area contributed by atoms with Crippen molar-refractivity contribution >= 4 is 22.9 Å². The van der Waals surface area contributed by atoms with Crippen molar-refractivity contribution in [2.24, 2.45) is 16.6 Å². The Morgan fingerprint density at radius 3 is 3.07 bits per heavy atom. The van der Waals surface area contributed by atoms with Crippen molar-refractivity contribution in [2.45, 2.75) is 18.8 Å². The minimum absolute atomic E-state index is 0.185. The zero-order chi connectivity index (χ0) is 10.8. The number of rotatable bonds is 2. The van der Waals surface area contributed by atoms with E-state index in [1.807, 2.05) is 0 Å². The van der Waals surface area contributed by atoms with Gasteiger partial charge in [0.25, 0.3) is 0 Å². The molecule has 0 saturated heterocycles. The first-order valence-electron chi connectivity index (χ1n) is 4.35. The predicted molar refractivity (Wildman–Crippen MR) is 54.8 cm³/mol. The molecule has 0 aromatic heterocycles. The smallest absolute Gasteiger partial charge is 0.314 e. The van der Waals surface area contributed by atoms with E-state index < -0.39 is 16.8 Å². The highest BCUT2D eigenvalue weighted by molar-refractivity contribution is 8.14. The maximum absolute atomic E-state index is 11.4. The molecule has 0 aromatic carbocycles. The maximum atomic E-state index is 11.4. The Bertz CT molecular complexity index is 265. The molecule has 5 nitrogen and oxygen atoms in total. The molecule has 3 N–H and O–H groups in total. The quantitative estimate of drug-likeness (QED) is 0.634. The molecular weight excluding hydrogens is 204 g/mol. The monoisotopic (exact) mass is 218 g/mol. The fourth-order valence-electron chi connectivity index (χ4n) is 1.20. The van der Waals surface area contributed by atoms with Crippen LogP contribution < -0.4 is 5.73 Å². The molecule has 6 heteroatoms. The third-order valence-corrected chi connectivity index (χ3v) is 2.99. The van der Waals surface area contributed by atoms with Gasteiger partial charge in [-0.2, -0.15) is 0 Å². The number of hydrogen-bond donors (Lipinski definition) is 2. The Morgan fingerprint density at radius 2 is 2.57 bits per heavy atom. The van der Waals surface area contributed by atoms with Gasteiger partial charge < -0.3 is 15.6 Å². The summed E-state index contributed by atoms with van der Waals surface area (Å²) in [6, 6.07) is 0. The fraction of sp³-hybridized carbons (Fsp3) is 0.750. The molecule has 1 aliphatic rings. The van der Waals surface area contributed by atoms with Gasteiger partial charge in [0.2, 0.25) is 0 Å². The van der Waals surface area contributed by atoms with E-state index in [1.165, 1.54) is 0 Å². The van der Waals surface area contributed by atoms with Crippen LogP contribution in [-0.2, 0) is 9.53 Å². The lowest BCUT2D eigenvalue weighted by Gasteiger charge is -2.32. The summed E-state index contributed by atoms with van der Waals surface area (Å²) in [6.45, 7) is 3.75. The molecule has 0 amide bonds. The molecule has 1 aliphatic heterocycles. The van der Waals surface area contributed by atoms with E-state index in [-0.39, 0.29) is 6.54 Å². The van der Waals surface area contributed by atoms with Crippen molar-refractivity contribution in [1.82, 2.24) is 0 Å². The van der Waals surface area contributed by atoms with Gasteiger partial charge in [0.1, 0.15) is 10.9 Å². The van der Waals surface area contributed by atoms with Gasteiger partial charge >= 0.3 is 5.97 Å². The summed E-state index contributed by atoms with van der Waals surface area (Å²) in [5.74, 6) is -1.07. The summed E-state index contributed by atoms with van der Waals surface area (Å²) in [7, 11) is 0. The molecule has 0 spiro atoms. The van der Waals surface area contributed by atoms with Gasteiger partial charge in [0, 0.05) is 0 Å². The number of ether oxygens (including phenoxy) is 1. The molecule has 0 bridgehead atoms. The average molecular weight is 218 g/mol. The molecule has 0 aliphatic carbocycles. The lowest BCUT2D eigenvalue weighted by atomic mass is 10.0. The topological polar surface area (TPSA) is 84.9 Å². The Balaban J connectivity index is 2.74. The number of aliphatic hydroxyl groups is 1. The van der Waals surface area contributed by atoms with Crippen LogP contribution in [0.2, 0.25) is 0 Å². The van der Waals surface area contributed by atoms with Gasteiger partial charge in [-0.15, -0.1) is 0 Å². The molecule has 0 fully saturated rings. The van der Waals surface area contributed by atoms with Crippen LogP contribution in [0, 0.1) is 5.92 Å². The van der Waals surface area contributed by atoms with Crippen molar-refractivity contribution < 1.29 is 14.6 Å². The third-order valence-electron chi connectivity index (χ3n) is 1.96. The van der Waals surface area contributed by atoms with E-state index in [0.29, 0.717) is 11.8 Å². The molecule has 1 heterocycles. The molecule has 2 atom stereocenters. The number of nitrogens with two attached hydrogens (primary N) is 1. The zero-order valence-electron chi connectivity index (χ0n) is 8.19. The molecular formula is C8H14N2O3S. The van der Waals surface area contributed by atoms with Gasteiger partial charge in [0.05, 0.1) is 13.2 Å². The van der Waals surface area contributed by atoms with Crippen LogP contribution >= 0.6 is 11.8 Å². The molecule has 0 radical (unpaired) electrons. The SMILES string of the molecule is CCOC(=O)C1CN=C(N)SC1(C)O. The lowest BCUT2D eigenvalue weighted by molar-refractivity contribution is -0.152. The van der Waals surface area contributed by atoms with Gasteiger partial charge in [-0.25, -0.2) is 0 Å². The number of nitrogens with zero attached hydrogens (tertiary/aromatic N) is 1. The highest BCUT2D eigenvalue weighted by Gasteiger charge is 2.42. The zero-order valence-corrected chi connectivity index (χ0v) is 9.00. The van der Waals surface area contributed by atoms with E-state index in [4.69, 9.17) is 10.5 Å². The summed E-state index contributed by atoms with van der Waals surface area (Å²) < 4.78 is 4.83. The van der Waals surface area contributed by atoms with Crippen molar-refractivity contribution in [2.75, 3.05) is 13.2 Å². The minimum Gasteiger partial charge on any atom is -0.466 e. The maximum Gasteiger partial charge on any atom is 0.314 e. The van der Waals surface area contributed by atoms with Gasteiger partial charge in [-0.3, -0.25) is 9.79 Å². The largest absolute Gasteiger partial charge is 0.466 e. The van der Waals surface area contributed by atoms with Crippen LogP contribution in [0.1, 0.15) is 13.8 Å². The van der Waals surface area contributed by atoms with Crippen LogP contribution in [0.25, 0.3) is 0 Å².